The second-order valence-corrected chi connectivity index (χ2v) is 16.9. The molecule has 0 fully saturated rings. The average molecular weight is 870 g/mol. The van der Waals surface area contributed by atoms with E-state index in [0.29, 0.717) is 0 Å². The van der Waals surface area contributed by atoms with Crippen molar-refractivity contribution in [3.63, 3.8) is 0 Å². The van der Waals surface area contributed by atoms with Gasteiger partial charge in [-0.15, -0.1) is 0 Å². The minimum Gasteiger partial charge on any atom is -0.513 e. The van der Waals surface area contributed by atoms with E-state index >= 15 is 0 Å². The van der Waals surface area contributed by atoms with Crippen LogP contribution in [0.3, 0.4) is 0 Å². The Balaban J connectivity index is 0.00000420. The summed E-state index contributed by atoms with van der Waals surface area (Å²) in [7, 11) is 0. The summed E-state index contributed by atoms with van der Waals surface area (Å²) in [6.45, 7) is 18.2. The van der Waals surface area contributed by atoms with Gasteiger partial charge in [0, 0.05) is 33.3 Å². The van der Waals surface area contributed by atoms with Crippen molar-refractivity contribution in [3.8, 4) is 11.4 Å². The van der Waals surface area contributed by atoms with Crippen molar-refractivity contribution in [1.82, 2.24) is 19.6 Å². The smallest absolute Gasteiger partial charge is 0.513 e. The molecule has 0 unspecified atom stereocenters. The standard InChI is InChI=1S/C45H46N4O2.Pt/c1-43(2,3)25-23-29-27-39(46-48(29)35-19-13-17-33-31-15-9-11-21-37(31)50-41(33)35)45(7,8)40-28-30(24-26-44(4,5)6)49(47-40)36-20-14-18-34-32-16-10-12-22-38(32)51-42(34)36;/h9-18,21-22,27-28H,23-26H2,1-8H3;/q-2;+2. The summed E-state index contributed by atoms with van der Waals surface area (Å²) in [5, 5.41) is 15.1. The molecule has 8 aromatic rings. The van der Waals surface area contributed by atoms with Crippen LogP contribution < -0.4 is 0 Å². The molecule has 7 heteroatoms. The average Bonchev–Trinajstić information content (AvgIpc) is 3.88. The zero-order chi connectivity index (χ0) is 35.7. The van der Waals surface area contributed by atoms with Gasteiger partial charge >= 0.3 is 21.1 Å². The normalized spacial score (nSPS) is 12.8. The van der Waals surface area contributed by atoms with E-state index in [1.165, 1.54) is 0 Å². The molecule has 0 radical (unpaired) electrons. The molecule has 0 bridgehead atoms. The van der Waals surface area contributed by atoms with Crippen LogP contribution in [-0.4, -0.2) is 19.6 Å². The van der Waals surface area contributed by atoms with Gasteiger partial charge in [0.05, 0.1) is 16.8 Å². The van der Waals surface area contributed by atoms with E-state index in [1.54, 1.807) is 0 Å². The Bertz CT molecular complexity index is 2370. The third kappa shape index (κ3) is 6.55. The molecule has 268 valence electrons. The van der Waals surface area contributed by atoms with Gasteiger partial charge in [-0.1, -0.05) is 88.7 Å². The Kier molecular flexibility index (Phi) is 9.14. The molecule has 0 aliphatic carbocycles. The molecule has 52 heavy (non-hydrogen) atoms. The number of hydrogen-bond acceptors (Lipinski definition) is 4. The number of aromatic nitrogens is 4. The second-order valence-electron chi connectivity index (χ2n) is 16.9. The van der Waals surface area contributed by atoms with E-state index in [2.05, 4.69) is 125 Å². The fourth-order valence-corrected chi connectivity index (χ4v) is 7.00. The molecule has 0 aliphatic heterocycles. The maximum absolute atomic E-state index is 6.48. The number of benzene rings is 4. The van der Waals surface area contributed by atoms with Crippen molar-refractivity contribution in [2.24, 2.45) is 10.8 Å². The van der Waals surface area contributed by atoms with E-state index < -0.39 is 5.41 Å². The second kappa shape index (κ2) is 13.2. The zero-order valence-electron chi connectivity index (χ0n) is 31.3. The van der Waals surface area contributed by atoms with Gasteiger partial charge in [-0.05, 0) is 86.0 Å². The van der Waals surface area contributed by atoms with E-state index in [0.717, 1.165) is 104 Å². The van der Waals surface area contributed by atoms with Gasteiger partial charge in [0.25, 0.3) is 0 Å². The van der Waals surface area contributed by atoms with E-state index in [4.69, 9.17) is 19.0 Å². The number of fused-ring (bicyclic) bond motifs is 6. The molecule has 0 spiro atoms. The Hall–Kier alpha value is -4.41. The van der Waals surface area contributed by atoms with Crippen LogP contribution in [0.25, 0.3) is 55.3 Å². The predicted molar refractivity (Wildman–Crippen MR) is 207 cm³/mol. The van der Waals surface area contributed by atoms with Gasteiger partial charge in [0.2, 0.25) is 0 Å². The first-order valence-electron chi connectivity index (χ1n) is 18.1. The van der Waals surface area contributed by atoms with E-state index in [1.807, 2.05) is 36.4 Å². The first kappa shape index (κ1) is 36.0. The Morgan fingerprint density at radius 2 is 0.962 bits per heavy atom. The summed E-state index contributed by atoms with van der Waals surface area (Å²) < 4.78 is 17.1. The van der Waals surface area contributed by atoms with Crippen molar-refractivity contribution >= 4 is 43.9 Å². The van der Waals surface area contributed by atoms with Crippen molar-refractivity contribution in [2.45, 2.75) is 86.5 Å². The molecule has 0 atom stereocenters. The predicted octanol–water partition coefficient (Wildman–Crippen LogP) is 11.7. The molecule has 8 rings (SSSR count). The molecular weight excluding hydrogens is 824 g/mol. The summed E-state index contributed by atoms with van der Waals surface area (Å²) in [5.74, 6) is 0. The molecule has 0 N–H and O–H groups in total. The van der Waals surface area contributed by atoms with Crippen LogP contribution in [0.1, 0.15) is 91.0 Å². The third-order valence-electron chi connectivity index (χ3n) is 10.2. The number of aryl methyl sites for hydroxylation is 2. The fourth-order valence-electron chi connectivity index (χ4n) is 7.00. The van der Waals surface area contributed by atoms with Crippen LogP contribution in [0.2, 0.25) is 0 Å². The Morgan fingerprint density at radius 1 is 0.558 bits per heavy atom. The zero-order valence-corrected chi connectivity index (χ0v) is 33.6. The molecular formula is C45H46N4O2Pt. The minimum atomic E-state index is -0.521. The van der Waals surface area contributed by atoms with Crippen LogP contribution in [-0.2, 0) is 39.3 Å². The van der Waals surface area contributed by atoms with Crippen molar-refractivity contribution < 1.29 is 29.9 Å². The Morgan fingerprint density at radius 3 is 1.37 bits per heavy atom. The largest absolute Gasteiger partial charge is 2.00 e. The molecule has 4 heterocycles. The molecule has 4 aromatic heterocycles. The molecule has 0 saturated heterocycles. The first-order valence-corrected chi connectivity index (χ1v) is 18.1. The number of rotatable bonds is 8. The van der Waals surface area contributed by atoms with Crippen molar-refractivity contribution in [2.75, 3.05) is 0 Å². The number of para-hydroxylation sites is 2. The van der Waals surface area contributed by atoms with Gasteiger partial charge in [0.15, 0.2) is 0 Å². The summed E-state index contributed by atoms with van der Waals surface area (Å²) >= 11 is 0. The quantitative estimate of drug-likeness (QED) is 0.143. The van der Waals surface area contributed by atoms with E-state index in [9.17, 15) is 0 Å². The van der Waals surface area contributed by atoms with Crippen LogP contribution in [0.15, 0.2) is 93.8 Å². The van der Waals surface area contributed by atoms with E-state index in [-0.39, 0.29) is 31.9 Å². The number of furan rings is 2. The van der Waals surface area contributed by atoms with Crippen LogP contribution in [0, 0.1) is 23.0 Å². The molecule has 0 saturated carbocycles. The van der Waals surface area contributed by atoms with Gasteiger partial charge < -0.3 is 8.83 Å². The van der Waals surface area contributed by atoms with Crippen molar-refractivity contribution in [3.05, 3.63) is 120 Å². The molecule has 4 aromatic carbocycles. The maximum Gasteiger partial charge on any atom is 2.00 e. The maximum atomic E-state index is 6.48. The topological polar surface area (TPSA) is 61.9 Å². The SMILES string of the molecule is CC(C)(C)CCc1cc(C(C)(C)c2cc(CCC(C)(C)C)n(-c3[c-]ccc4c3oc3ccccc34)n2)nn1-c1[c-]ccc2c1oc1ccccc12.[Pt+2]. The summed E-state index contributed by atoms with van der Waals surface area (Å²) in [4.78, 5) is 0. The van der Waals surface area contributed by atoms with Crippen LogP contribution in [0.4, 0.5) is 0 Å². The van der Waals surface area contributed by atoms with Gasteiger partial charge in [-0.25, -0.2) is 0 Å². The number of nitrogens with zero attached hydrogens (tertiary/aromatic N) is 4. The van der Waals surface area contributed by atoms with Gasteiger partial charge in [-0.2, -0.15) is 46.6 Å². The van der Waals surface area contributed by atoms with Gasteiger partial charge in [0.1, 0.15) is 11.2 Å². The van der Waals surface area contributed by atoms with Crippen molar-refractivity contribution in [1.29, 1.82) is 0 Å². The minimum absolute atomic E-state index is 0. The fraction of sp³-hybridized carbons (Fsp3) is 0.333. The molecule has 0 amide bonds. The summed E-state index contributed by atoms with van der Waals surface area (Å²) in [6.07, 6.45) is 3.76. The molecule has 0 aliphatic rings. The monoisotopic (exact) mass is 869 g/mol. The van der Waals surface area contributed by atoms with Crippen LogP contribution >= 0.6 is 0 Å². The van der Waals surface area contributed by atoms with Gasteiger partial charge in [-0.3, -0.25) is 9.36 Å². The summed E-state index contributed by atoms with van der Waals surface area (Å²) in [5.41, 5.74) is 8.94. The summed E-state index contributed by atoms with van der Waals surface area (Å²) in [6, 6.07) is 36.1. The first-order chi connectivity index (χ1) is 24.3. The molecule has 6 nitrogen and oxygen atoms in total. The third-order valence-corrected chi connectivity index (χ3v) is 10.2. The Labute approximate surface area is 320 Å². The van der Waals surface area contributed by atoms with Crippen LogP contribution in [0.5, 0.6) is 0 Å². The number of hydrogen-bond donors (Lipinski definition) is 0.